The molecule has 88 valence electrons. The number of ether oxygens (including phenoxy) is 1. The first-order valence-electron chi connectivity index (χ1n) is 4.46. The summed E-state index contributed by atoms with van der Waals surface area (Å²) in [7, 11) is 1.56. The van der Waals surface area contributed by atoms with Gasteiger partial charge in [-0.1, -0.05) is 0 Å². The lowest BCUT2D eigenvalue weighted by Gasteiger charge is -2.11. The average molecular weight is 353 g/mol. The molecular formula is C10H11Br2NO3. The lowest BCUT2D eigenvalue weighted by atomic mass is 10.1. The summed E-state index contributed by atoms with van der Waals surface area (Å²) >= 11 is 6.68. The number of hydrogen-bond acceptors (Lipinski definition) is 3. The van der Waals surface area contributed by atoms with Crippen molar-refractivity contribution in [3.05, 3.63) is 26.6 Å². The van der Waals surface area contributed by atoms with Crippen molar-refractivity contribution in [2.24, 2.45) is 5.73 Å². The van der Waals surface area contributed by atoms with Crippen molar-refractivity contribution >= 4 is 37.8 Å². The first-order valence-corrected chi connectivity index (χ1v) is 6.04. The van der Waals surface area contributed by atoms with Gasteiger partial charge in [0.25, 0.3) is 0 Å². The van der Waals surface area contributed by atoms with Crippen molar-refractivity contribution in [2.75, 3.05) is 7.11 Å². The third-order valence-electron chi connectivity index (χ3n) is 2.04. The highest BCUT2D eigenvalue weighted by atomic mass is 79.9. The third-order valence-corrected chi connectivity index (χ3v) is 3.21. The molecule has 1 rings (SSSR count). The summed E-state index contributed by atoms with van der Waals surface area (Å²) in [5.74, 6) is -0.337. The van der Waals surface area contributed by atoms with E-state index in [9.17, 15) is 4.79 Å². The van der Waals surface area contributed by atoms with Gasteiger partial charge in [0.2, 0.25) is 0 Å². The van der Waals surface area contributed by atoms with E-state index in [1.807, 2.05) is 0 Å². The van der Waals surface area contributed by atoms with E-state index in [0.717, 1.165) is 14.5 Å². The summed E-state index contributed by atoms with van der Waals surface area (Å²) in [6.45, 7) is 0. The zero-order valence-corrected chi connectivity index (χ0v) is 11.7. The number of carboxylic acids is 1. The minimum Gasteiger partial charge on any atom is -0.494 e. The molecule has 0 saturated heterocycles. The summed E-state index contributed by atoms with van der Waals surface area (Å²) in [5.41, 5.74) is 6.29. The van der Waals surface area contributed by atoms with Crippen molar-refractivity contribution in [3.63, 3.8) is 0 Å². The summed E-state index contributed by atoms with van der Waals surface area (Å²) in [4.78, 5) is 10.6. The second kappa shape index (κ2) is 5.65. The number of methoxy groups -OCH3 is 1. The van der Waals surface area contributed by atoms with Crippen molar-refractivity contribution < 1.29 is 14.6 Å². The average Bonchev–Trinajstić information content (AvgIpc) is 2.16. The Hall–Kier alpha value is -0.590. The molecule has 0 amide bonds. The first-order chi connectivity index (χ1) is 7.45. The Kier molecular flexibility index (Phi) is 4.76. The van der Waals surface area contributed by atoms with E-state index in [4.69, 9.17) is 15.6 Å². The van der Waals surface area contributed by atoms with Gasteiger partial charge >= 0.3 is 5.97 Å². The lowest BCUT2D eigenvalue weighted by Crippen LogP contribution is -2.32. The summed E-state index contributed by atoms with van der Waals surface area (Å²) < 4.78 is 6.66. The molecule has 4 nitrogen and oxygen atoms in total. The van der Waals surface area contributed by atoms with Crippen LogP contribution in [-0.4, -0.2) is 24.2 Å². The highest BCUT2D eigenvalue weighted by Gasteiger charge is 2.14. The van der Waals surface area contributed by atoms with Crippen LogP contribution in [-0.2, 0) is 11.2 Å². The molecule has 3 N–H and O–H groups in total. The summed E-state index contributed by atoms with van der Waals surface area (Å²) in [6, 6.07) is 2.70. The number of halogens is 2. The van der Waals surface area contributed by atoms with Crippen LogP contribution in [0.1, 0.15) is 5.56 Å². The molecule has 6 heteroatoms. The fraction of sp³-hybridized carbons (Fsp3) is 0.300. The van der Waals surface area contributed by atoms with Gasteiger partial charge in [0, 0.05) is 0 Å². The number of aliphatic carboxylic acids is 1. The van der Waals surface area contributed by atoms with E-state index >= 15 is 0 Å². The van der Waals surface area contributed by atoms with Crippen molar-refractivity contribution in [3.8, 4) is 5.75 Å². The van der Waals surface area contributed by atoms with E-state index in [1.165, 1.54) is 0 Å². The van der Waals surface area contributed by atoms with Gasteiger partial charge in [-0.25, -0.2) is 0 Å². The molecule has 0 aliphatic heterocycles. The summed E-state index contributed by atoms with van der Waals surface area (Å²) in [5, 5.41) is 8.71. The highest BCUT2D eigenvalue weighted by molar-refractivity contribution is 9.11. The normalized spacial score (nSPS) is 12.2. The second-order valence-electron chi connectivity index (χ2n) is 3.24. The molecule has 0 aliphatic rings. The molecule has 1 aromatic rings. The smallest absolute Gasteiger partial charge is 0.320 e. The molecule has 0 aromatic heterocycles. The van der Waals surface area contributed by atoms with Crippen LogP contribution in [0.25, 0.3) is 0 Å². The lowest BCUT2D eigenvalue weighted by molar-refractivity contribution is -0.138. The number of rotatable bonds is 4. The van der Waals surface area contributed by atoms with Gasteiger partial charge in [-0.05, 0) is 56.0 Å². The largest absolute Gasteiger partial charge is 0.494 e. The maximum atomic E-state index is 10.6. The van der Waals surface area contributed by atoms with Crippen LogP contribution < -0.4 is 10.5 Å². The number of hydrogen-bond donors (Lipinski definition) is 2. The molecule has 16 heavy (non-hydrogen) atoms. The number of benzene rings is 1. The molecule has 0 fully saturated rings. The van der Waals surface area contributed by atoms with Crippen LogP contribution >= 0.6 is 31.9 Å². The number of nitrogens with two attached hydrogens (primary N) is 1. The molecule has 0 saturated carbocycles. The van der Waals surface area contributed by atoms with E-state index in [2.05, 4.69) is 31.9 Å². The van der Waals surface area contributed by atoms with Gasteiger partial charge in [-0.2, -0.15) is 0 Å². The standard InChI is InChI=1S/C10H11Br2NO3/c1-16-9-6(11)2-5(3-7(9)12)4-8(13)10(14)15/h2-3,8H,4,13H2,1H3,(H,14,15)/t8-/m1/s1. The van der Waals surface area contributed by atoms with E-state index < -0.39 is 12.0 Å². The number of carbonyl (C=O) groups is 1. The molecule has 1 atom stereocenters. The Morgan fingerprint density at radius 2 is 2.00 bits per heavy atom. The van der Waals surface area contributed by atoms with E-state index in [0.29, 0.717) is 5.75 Å². The Morgan fingerprint density at radius 3 is 2.38 bits per heavy atom. The predicted octanol–water partition coefficient (Wildman–Crippen LogP) is 2.17. The fourth-order valence-corrected chi connectivity index (χ4v) is 2.87. The van der Waals surface area contributed by atoms with Crippen LogP contribution in [0.15, 0.2) is 21.1 Å². The number of carboxylic acid groups (broad SMARTS) is 1. The topological polar surface area (TPSA) is 72.5 Å². The van der Waals surface area contributed by atoms with Gasteiger partial charge in [0.1, 0.15) is 11.8 Å². The molecule has 0 unspecified atom stereocenters. The van der Waals surface area contributed by atoms with Gasteiger partial charge in [-0.15, -0.1) is 0 Å². The minimum atomic E-state index is -1.01. The zero-order chi connectivity index (χ0) is 12.3. The van der Waals surface area contributed by atoms with Gasteiger partial charge < -0.3 is 15.6 Å². The van der Waals surface area contributed by atoms with Crippen LogP contribution in [0.2, 0.25) is 0 Å². The second-order valence-corrected chi connectivity index (χ2v) is 4.95. The Bertz CT molecular complexity index is 386. The van der Waals surface area contributed by atoms with Crippen molar-refractivity contribution in [1.29, 1.82) is 0 Å². The predicted molar refractivity (Wildman–Crippen MR) is 67.7 cm³/mol. The maximum Gasteiger partial charge on any atom is 0.320 e. The third kappa shape index (κ3) is 3.20. The highest BCUT2D eigenvalue weighted by Crippen LogP contribution is 2.34. The van der Waals surface area contributed by atoms with Gasteiger partial charge in [-0.3, -0.25) is 4.79 Å². The van der Waals surface area contributed by atoms with Crippen LogP contribution in [0, 0.1) is 0 Å². The Balaban J connectivity index is 2.96. The maximum absolute atomic E-state index is 10.6. The monoisotopic (exact) mass is 351 g/mol. The van der Waals surface area contributed by atoms with Gasteiger partial charge in [0.15, 0.2) is 0 Å². The van der Waals surface area contributed by atoms with Crippen molar-refractivity contribution in [1.82, 2.24) is 0 Å². The van der Waals surface area contributed by atoms with Crippen LogP contribution in [0.3, 0.4) is 0 Å². The first kappa shape index (κ1) is 13.5. The summed E-state index contributed by atoms with van der Waals surface area (Å²) in [6.07, 6.45) is 0.274. The van der Waals surface area contributed by atoms with Crippen LogP contribution in [0.5, 0.6) is 5.75 Å². The molecule has 0 heterocycles. The molecule has 0 spiro atoms. The molecule has 0 bridgehead atoms. The zero-order valence-electron chi connectivity index (χ0n) is 8.54. The quantitative estimate of drug-likeness (QED) is 0.871. The molecule has 1 aromatic carbocycles. The molecule has 0 radical (unpaired) electrons. The van der Waals surface area contributed by atoms with Gasteiger partial charge in [0.05, 0.1) is 16.1 Å². The SMILES string of the molecule is COc1c(Br)cc(C[C@@H](N)C(=O)O)cc1Br. The Labute approximate surface area is 110 Å². The van der Waals surface area contributed by atoms with E-state index in [-0.39, 0.29) is 6.42 Å². The molecule has 0 aliphatic carbocycles. The Morgan fingerprint density at radius 1 is 1.50 bits per heavy atom. The molecular weight excluding hydrogens is 342 g/mol. The minimum absolute atomic E-state index is 0.274. The fourth-order valence-electron chi connectivity index (χ4n) is 1.27. The van der Waals surface area contributed by atoms with Crippen LogP contribution in [0.4, 0.5) is 0 Å². The van der Waals surface area contributed by atoms with Crippen molar-refractivity contribution in [2.45, 2.75) is 12.5 Å². The van der Waals surface area contributed by atoms with E-state index in [1.54, 1.807) is 19.2 Å².